The van der Waals surface area contributed by atoms with E-state index in [1.807, 2.05) is 13.8 Å². The SMILES string of the molecule is CC1(CO)[C@H]2C[C@H](O)[C@]1(C)C[C@@H]2O. The van der Waals surface area contributed by atoms with Crippen molar-refractivity contribution in [3.63, 3.8) is 0 Å². The Bertz CT molecular complexity index is 228. The van der Waals surface area contributed by atoms with Gasteiger partial charge in [0.15, 0.2) is 0 Å². The average Bonchev–Trinajstić information content (AvgIpc) is 2.37. The first-order chi connectivity index (χ1) is 5.95. The Kier molecular flexibility index (Phi) is 1.79. The molecule has 0 amide bonds. The molecule has 0 aromatic carbocycles. The summed E-state index contributed by atoms with van der Waals surface area (Å²) >= 11 is 0. The predicted octanol–water partition coefficient (Wildman–Crippen LogP) is 0.137. The maximum Gasteiger partial charge on any atom is 0.0604 e. The van der Waals surface area contributed by atoms with Crippen LogP contribution in [-0.4, -0.2) is 34.1 Å². The molecule has 2 saturated carbocycles. The average molecular weight is 186 g/mol. The van der Waals surface area contributed by atoms with Gasteiger partial charge in [-0.1, -0.05) is 13.8 Å². The molecule has 76 valence electrons. The van der Waals surface area contributed by atoms with Gasteiger partial charge < -0.3 is 15.3 Å². The minimum Gasteiger partial charge on any atom is -0.396 e. The molecule has 3 N–H and O–H groups in total. The fraction of sp³-hybridized carbons (Fsp3) is 1.00. The second kappa shape index (κ2) is 2.47. The summed E-state index contributed by atoms with van der Waals surface area (Å²) in [5.41, 5.74) is -0.600. The lowest BCUT2D eigenvalue weighted by atomic mass is 9.69. The smallest absolute Gasteiger partial charge is 0.0604 e. The largest absolute Gasteiger partial charge is 0.396 e. The lowest BCUT2D eigenvalue weighted by molar-refractivity contribution is -0.0259. The Hall–Kier alpha value is -0.120. The van der Waals surface area contributed by atoms with Crippen LogP contribution in [0.4, 0.5) is 0 Å². The third-order valence-electron chi connectivity index (χ3n) is 4.76. The predicted molar refractivity (Wildman–Crippen MR) is 48.0 cm³/mol. The van der Waals surface area contributed by atoms with E-state index in [1.165, 1.54) is 0 Å². The minimum absolute atomic E-state index is 0.0578. The van der Waals surface area contributed by atoms with Gasteiger partial charge in [-0.05, 0) is 18.8 Å². The van der Waals surface area contributed by atoms with Gasteiger partial charge in [-0.2, -0.15) is 0 Å². The van der Waals surface area contributed by atoms with Crippen molar-refractivity contribution in [2.75, 3.05) is 6.61 Å². The fourth-order valence-corrected chi connectivity index (χ4v) is 3.39. The lowest BCUT2D eigenvalue weighted by Gasteiger charge is -2.37. The van der Waals surface area contributed by atoms with Crippen molar-refractivity contribution in [3.8, 4) is 0 Å². The van der Waals surface area contributed by atoms with Crippen molar-refractivity contribution in [2.45, 2.75) is 38.9 Å². The van der Waals surface area contributed by atoms with E-state index in [0.29, 0.717) is 12.8 Å². The first-order valence-electron chi connectivity index (χ1n) is 4.93. The van der Waals surface area contributed by atoms with Gasteiger partial charge in [-0.3, -0.25) is 0 Å². The van der Waals surface area contributed by atoms with E-state index in [1.54, 1.807) is 0 Å². The molecule has 13 heavy (non-hydrogen) atoms. The van der Waals surface area contributed by atoms with Crippen LogP contribution in [0.15, 0.2) is 0 Å². The zero-order valence-corrected chi connectivity index (χ0v) is 8.20. The third-order valence-corrected chi connectivity index (χ3v) is 4.76. The second-order valence-corrected chi connectivity index (χ2v) is 5.12. The summed E-state index contributed by atoms with van der Waals surface area (Å²) in [6.45, 7) is 4.01. The minimum atomic E-state index is -0.363. The molecule has 2 aliphatic rings. The Labute approximate surface area is 78.4 Å². The molecule has 2 fully saturated rings. The zero-order valence-electron chi connectivity index (χ0n) is 8.20. The van der Waals surface area contributed by atoms with Gasteiger partial charge in [0.2, 0.25) is 0 Å². The van der Waals surface area contributed by atoms with Crippen LogP contribution in [0.1, 0.15) is 26.7 Å². The Balaban J connectivity index is 2.41. The standard InChI is InChI=1S/C10H18O3/c1-9-4-7(12)6(3-8(9)13)10(9,2)5-11/h6-8,11-13H,3-5H2,1-2H3/t6-,7-,8-,9-,10?/m0/s1. The number of rotatable bonds is 1. The van der Waals surface area contributed by atoms with Crippen LogP contribution in [0.2, 0.25) is 0 Å². The van der Waals surface area contributed by atoms with E-state index in [4.69, 9.17) is 0 Å². The van der Waals surface area contributed by atoms with E-state index in [2.05, 4.69) is 0 Å². The topological polar surface area (TPSA) is 60.7 Å². The van der Waals surface area contributed by atoms with Gasteiger partial charge in [0, 0.05) is 17.4 Å². The van der Waals surface area contributed by atoms with Crippen LogP contribution in [0.5, 0.6) is 0 Å². The van der Waals surface area contributed by atoms with Crippen LogP contribution >= 0.6 is 0 Å². The second-order valence-electron chi connectivity index (χ2n) is 5.12. The molecule has 3 heteroatoms. The highest BCUT2D eigenvalue weighted by molar-refractivity contribution is 5.15. The molecular weight excluding hydrogens is 168 g/mol. The lowest BCUT2D eigenvalue weighted by Crippen LogP contribution is -2.39. The molecule has 0 aliphatic heterocycles. The van der Waals surface area contributed by atoms with E-state index in [0.717, 1.165) is 0 Å². The molecule has 0 radical (unpaired) electrons. The van der Waals surface area contributed by atoms with Gasteiger partial charge >= 0.3 is 0 Å². The highest BCUT2D eigenvalue weighted by Gasteiger charge is 2.66. The maximum absolute atomic E-state index is 9.84. The zero-order chi connectivity index (χ0) is 9.85. The molecule has 2 aliphatic carbocycles. The van der Waals surface area contributed by atoms with Crippen molar-refractivity contribution in [1.29, 1.82) is 0 Å². The van der Waals surface area contributed by atoms with Gasteiger partial charge in [0.25, 0.3) is 0 Å². The van der Waals surface area contributed by atoms with Crippen molar-refractivity contribution >= 4 is 0 Å². The van der Waals surface area contributed by atoms with E-state index < -0.39 is 0 Å². The Morgan fingerprint density at radius 1 is 1.31 bits per heavy atom. The van der Waals surface area contributed by atoms with Gasteiger partial charge in [0.05, 0.1) is 12.2 Å². The van der Waals surface area contributed by atoms with Crippen molar-refractivity contribution in [1.82, 2.24) is 0 Å². The number of aliphatic hydroxyl groups excluding tert-OH is 3. The molecule has 0 aromatic rings. The number of fused-ring (bicyclic) bond motifs is 2. The normalized spacial score (nSPS) is 60.2. The molecule has 0 aromatic heterocycles. The summed E-state index contributed by atoms with van der Waals surface area (Å²) in [5.74, 6) is 0.0671. The van der Waals surface area contributed by atoms with Crippen molar-refractivity contribution < 1.29 is 15.3 Å². The monoisotopic (exact) mass is 186 g/mol. The van der Waals surface area contributed by atoms with E-state index >= 15 is 0 Å². The summed E-state index contributed by atoms with van der Waals surface area (Å²) in [6, 6.07) is 0. The molecule has 5 atom stereocenters. The summed E-state index contributed by atoms with van der Waals surface area (Å²) in [7, 11) is 0. The summed E-state index contributed by atoms with van der Waals surface area (Å²) < 4.78 is 0. The third kappa shape index (κ3) is 0.853. The summed E-state index contributed by atoms with van der Waals surface area (Å²) in [4.78, 5) is 0. The molecule has 2 bridgehead atoms. The van der Waals surface area contributed by atoms with Gasteiger partial charge in [0.1, 0.15) is 0 Å². The number of hydrogen-bond acceptors (Lipinski definition) is 3. The molecule has 3 nitrogen and oxygen atoms in total. The Morgan fingerprint density at radius 3 is 2.23 bits per heavy atom. The van der Waals surface area contributed by atoms with E-state index in [-0.39, 0.29) is 35.6 Å². The first kappa shape index (κ1) is 9.44. The van der Waals surface area contributed by atoms with Crippen molar-refractivity contribution in [3.05, 3.63) is 0 Å². The van der Waals surface area contributed by atoms with Gasteiger partial charge in [-0.15, -0.1) is 0 Å². The molecule has 0 spiro atoms. The summed E-state index contributed by atoms with van der Waals surface area (Å²) in [5, 5.41) is 29.0. The van der Waals surface area contributed by atoms with Crippen LogP contribution in [0.3, 0.4) is 0 Å². The highest BCUT2D eigenvalue weighted by Crippen LogP contribution is 2.65. The Morgan fingerprint density at radius 2 is 1.92 bits per heavy atom. The first-order valence-corrected chi connectivity index (χ1v) is 4.93. The van der Waals surface area contributed by atoms with Crippen LogP contribution < -0.4 is 0 Å². The maximum atomic E-state index is 9.84. The molecule has 1 unspecified atom stereocenters. The number of hydrogen-bond donors (Lipinski definition) is 3. The van der Waals surface area contributed by atoms with Gasteiger partial charge in [-0.25, -0.2) is 0 Å². The molecular formula is C10H18O3. The number of aliphatic hydroxyl groups is 3. The van der Waals surface area contributed by atoms with Crippen molar-refractivity contribution in [2.24, 2.45) is 16.7 Å². The fourth-order valence-electron chi connectivity index (χ4n) is 3.39. The highest BCUT2D eigenvalue weighted by atomic mass is 16.3. The quantitative estimate of drug-likeness (QED) is 0.546. The molecule has 0 saturated heterocycles. The molecule has 2 rings (SSSR count). The van der Waals surface area contributed by atoms with E-state index in [9.17, 15) is 15.3 Å². The van der Waals surface area contributed by atoms with Crippen LogP contribution in [0, 0.1) is 16.7 Å². The van der Waals surface area contributed by atoms with Crippen LogP contribution in [-0.2, 0) is 0 Å². The summed E-state index contributed by atoms with van der Waals surface area (Å²) in [6.07, 6.45) is 0.550. The van der Waals surface area contributed by atoms with Crippen LogP contribution in [0.25, 0.3) is 0 Å². The molecule has 0 heterocycles.